The maximum Gasteiger partial charge on any atom is 0.220 e. The van der Waals surface area contributed by atoms with E-state index in [2.05, 4.69) is 10.3 Å². The number of nitrogens with one attached hydrogen (secondary N) is 1. The van der Waals surface area contributed by atoms with Gasteiger partial charge in [-0.15, -0.1) is 0 Å². The number of amides is 1. The van der Waals surface area contributed by atoms with Gasteiger partial charge < -0.3 is 15.8 Å². The Morgan fingerprint density at radius 1 is 1.24 bits per heavy atom. The highest BCUT2D eigenvalue weighted by molar-refractivity contribution is 5.76. The smallest absolute Gasteiger partial charge is 0.220 e. The van der Waals surface area contributed by atoms with Crippen molar-refractivity contribution in [2.24, 2.45) is 0 Å². The van der Waals surface area contributed by atoms with Crippen molar-refractivity contribution in [2.75, 3.05) is 18.9 Å². The van der Waals surface area contributed by atoms with Gasteiger partial charge in [0.15, 0.2) is 0 Å². The van der Waals surface area contributed by atoms with Crippen LogP contribution in [0.25, 0.3) is 0 Å². The van der Waals surface area contributed by atoms with Crippen molar-refractivity contribution in [1.82, 2.24) is 10.3 Å². The highest BCUT2D eigenvalue weighted by atomic mass is 16.5. The van der Waals surface area contributed by atoms with Gasteiger partial charge in [0.25, 0.3) is 0 Å². The fourth-order valence-electron chi connectivity index (χ4n) is 1.82. The SMILES string of the molecule is Nc1ccc(OCCNC(=O)CCc2cccnc2)cc1. The Kier molecular flexibility index (Phi) is 5.58. The molecule has 0 bridgehead atoms. The summed E-state index contributed by atoms with van der Waals surface area (Å²) >= 11 is 0. The van der Waals surface area contributed by atoms with Crippen molar-refractivity contribution in [3.05, 3.63) is 54.4 Å². The average Bonchev–Trinajstić information content (AvgIpc) is 2.52. The Hall–Kier alpha value is -2.56. The van der Waals surface area contributed by atoms with Gasteiger partial charge >= 0.3 is 0 Å². The van der Waals surface area contributed by atoms with E-state index in [0.717, 1.165) is 11.3 Å². The molecule has 0 saturated carbocycles. The Bertz CT molecular complexity index is 555. The maximum absolute atomic E-state index is 11.7. The molecule has 0 aliphatic carbocycles. The fourth-order valence-corrected chi connectivity index (χ4v) is 1.82. The van der Waals surface area contributed by atoms with E-state index < -0.39 is 0 Å². The molecular weight excluding hydrogens is 266 g/mol. The van der Waals surface area contributed by atoms with E-state index in [1.165, 1.54) is 0 Å². The van der Waals surface area contributed by atoms with Gasteiger partial charge in [-0.25, -0.2) is 0 Å². The minimum absolute atomic E-state index is 0.0137. The van der Waals surface area contributed by atoms with Crippen LogP contribution in [0.3, 0.4) is 0 Å². The number of nitrogens with two attached hydrogens (primary N) is 1. The summed E-state index contributed by atoms with van der Waals surface area (Å²) in [5.74, 6) is 0.758. The fraction of sp³-hybridized carbons (Fsp3) is 0.250. The highest BCUT2D eigenvalue weighted by Crippen LogP contribution is 2.12. The minimum atomic E-state index is 0.0137. The number of hydrogen-bond acceptors (Lipinski definition) is 4. The molecule has 3 N–H and O–H groups in total. The van der Waals surface area contributed by atoms with Gasteiger partial charge in [-0.2, -0.15) is 0 Å². The Morgan fingerprint density at radius 2 is 2.05 bits per heavy atom. The first kappa shape index (κ1) is 14.8. The zero-order valence-corrected chi connectivity index (χ0v) is 11.8. The third kappa shape index (κ3) is 5.52. The Morgan fingerprint density at radius 3 is 2.76 bits per heavy atom. The molecule has 2 aromatic rings. The third-order valence-electron chi connectivity index (χ3n) is 2.94. The summed E-state index contributed by atoms with van der Waals surface area (Å²) in [6, 6.07) is 11.0. The lowest BCUT2D eigenvalue weighted by molar-refractivity contribution is -0.121. The monoisotopic (exact) mass is 285 g/mol. The first-order valence-electron chi connectivity index (χ1n) is 6.88. The molecule has 0 unspecified atom stereocenters. The lowest BCUT2D eigenvalue weighted by atomic mass is 10.1. The molecule has 110 valence electrons. The number of anilines is 1. The van der Waals surface area contributed by atoms with Crippen LogP contribution in [0.5, 0.6) is 5.75 Å². The van der Waals surface area contributed by atoms with E-state index in [4.69, 9.17) is 10.5 Å². The number of nitrogens with zero attached hydrogens (tertiary/aromatic N) is 1. The second-order valence-corrected chi connectivity index (χ2v) is 4.63. The largest absolute Gasteiger partial charge is 0.492 e. The zero-order valence-electron chi connectivity index (χ0n) is 11.8. The standard InChI is InChI=1S/C16H19N3O2/c17-14-4-6-15(7-5-14)21-11-10-19-16(20)8-3-13-2-1-9-18-12-13/h1-2,4-7,9,12H,3,8,10-11,17H2,(H,19,20). The summed E-state index contributed by atoms with van der Waals surface area (Å²) in [4.78, 5) is 15.7. The van der Waals surface area contributed by atoms with Crippen molar-refractivity contribution in [3.8, 4) is 5.75 Å². The molecule has 1 aromatic heterocycles. The number of aryl methyl sites for hydroxylation is 1. The van der Waals surface area contributed by atoms with Gasteiger partial charge in [0.1, 0.15) is 12.4 Å². The topological polar surface area (TPSA) is 77.2 Å². The number of carbonyl (C=O) groups excluding carboxylic acids is 1. The number of aromatic nitrogens is 1. The molecule has 0 aliphatic rings. The van der Waals surface area contributed by atoms with Gasteiger partial charge in [0.2, 0.25) is 5.91 Å². The lowest BCUT2D eigenvalue weighted by Gasteiger charge is -2.08. The second kappa shape index (κ2) is 7.89. The van der Waals surface area contributed by atoms with Crippen molar-refractivity contribution < 1.29 is 9.53 Å². The number of pyridine rings is 1. The molecule has 1 amide bonds. The van der Waals surface area contributed by atoms with Crippen LogP contribution in [0.4, 0.5) is 5.69 Å². The zero-order chi connectivity index (χ0) is 14.9. The molecule has 0 spiro atoms. The van der Waals surface area contributed by atoms with E-state index in [-0.39, 0.29) is 5.91 Å². The predicted molar refractivity (Wildman–Crippen MR) is 81.9 cm³/mol. The van der Waals surface area contributed by atoms with E-state index in [1.807, 2.05) is 12.1 Å². The van der Waals surface area contributed by atoms with Crippen LogP contribution in [0.2, 0.25) is 0 Å². The summed E-state index contributed by atoms with van der Waals surface area (Å²) in [5, 5.41) is 2.83. The quantitative estimate of drug-likeness (QED) is 0.600. The van der Waals surface area contributed by atoms with E-state index in [0.29, 0.717) is 31.7 Å². The van der Waals surface area contributed by atoms with Crippen molar-refractivity contribution in [3.63, 3.8) is 0 Å². The van der Waals surface area contributed by atoms with E-state index in [9.17, 15) is 4.79 Å². The van der Waals surface area contributed by atoms with Crippen LogP contribution in [0.15, 0.2) is 48.8 Å². The van der Waals surface area contributed by atoms with Gasteiger partial charge in [-0.3, -0.25) is 9.78 Å². The molecule has 0 fully saturated rings. The summed E-state index contributed by atoms with van der Waals surface area (Å²) in [6.07, 6.45) is 4.64. The number of benzene rings is 1. The van der Waals surface area contributed by atoms with Crippen molar-refractivity contribution in [1.29, 1.82) is 0 Å². The van der Waals surface area contributed by atoms with Crippen LogP contribution in [-0.4, -0.2) is 24.0 Å². The third-order valence-corrected chi connectivity index (χ3v) is 2.94. The van der Waals surface area contributed by atoms with Gasteiger partial charge in [-0.05, 0) is 42.3 Å². The van der Waals surface area contributed by atoms with E-state index in [1.54, 1.807) is 36.7 Å². The predicted octanol–water partition coefficient (Wildman–Crippen LogP) is 1.79. The van der Waals surface area contributed by atoms with Gasteiger partial charge in [0, 0.05) is 24.5 Å². The molecule has 0 atom stereocenters. The molecule has 0 aliphatic heterocycles. The van der Waals surface area contributed by atoms with Crippen LogP contribution in [0.1, 0.15) is 12.0 Å². The maximum atomic E-state index is 11.7. The molecule has 1 heterocycles. The number of hydrogen-bond donors (Lipinski definition) is 2. The van der Waals surface area contributed by atoms with Crippen LogP contribution < -0.4 is 15.8 Å². The molecule has 0 radical (unpaired) electrons. The minimum Gasteiger partial charge on any atom is -0.492 e. The van der Waals surface area contributed by atoms with Crippen molar-refractivity contribution in [2.45, 2.75) is 12.8 Å². The van der Waals surface area contributed by atoms with Gasteiger partial charge in [0.05, 0.1) is 6.54 Å². The molecular formula is C16H19N3O2. The molecule has 5 heteroatoms. The van der Waals surface area contributed by atoms with Crippen LogP contribution >= 0.6 is 0 Å². The molecule has 2 rings (SSSR count). The molecule has 21 heavy (non-hydrogen) atoms. The summed E-state index contributed by atoms with van der Waals surface area (Å²) < 4.78 is 5.49. The number of carbonyl (C=O) groups is 1. The Balaban J connectivity index is 1.60. The summed E-state index contributed by atoms with van der Waals surface area (Å²) in [7, 11) is 0. The lowest BCUT2D eigenvalue weighted by Crippen LogP contribution is -2.28. The Labute approximate surface area is 124 Å². The first-order valence-corrected chi connectivity index (χ1v) is 6.88. The first-order chi connectivity index (χ1) is 10.2. The van der Waals surface area contributed by atoms with Gasteiger partial charge in [-0.1, -0.05) is 6.07 Å². The summed E-state index contributed by atoms with van der Waals surface area (Å²) in [5.41, 5.74) is 7.35. The number of ether oxygens (including phenoxy) is 1. The average molecular weight is 285 g/mol. The van der Waals surface area contributed by atoms with Crippen molar-refractivity contribution >= 4 is 11.6 Å². The van der Waals surface area contributed by atoms with E-state index >= 15 is 0 Å². The number of rotatable bonds is 7. The summed E-state index contributed by atoms with van der Waals surface area (Å²) in [6.45, 7) is 0.915. The normalized spacial score (nSPS) is 10.1. The molecule has 5 nitrogen and oxygen atoms in total. The second-order valence-electron chi connectivity index (χ2n) is 4.63. The van der Waals surface area contributed by atoms with Crippen LogP contribution in [0, 0.1) is 0 Å². The molecule has 1 aromatic carbocycles. The molecule has 0 saturated heterocycles. The highest BCUT2D eigenvalue weighted by Gasteiger charge is 2.02. The van der Waals surface area contributed by atoms with Crippen LogP contribution in [-0.2, 0) is 11.2 Å². The number of nitrogen functional groups attached to an aromatic ring is 1.